The van der Waals surface area contributed by atoms with Crippen LogP contribution in [0.1, 0.15) is 5.69 Å². The topological polar surface area (TPSA) is 70.5 Å². The second-order valence-electron chi connectivity index (χ2n) is 3.53. The molecule has 0 saturated carbocycles. The minimum Gasteiger partial charge on any atom is -0.497 e. The minimum absolute atomic E-state index is 0.294. The van der Waals surface area contributed by atoms with Gasteiger partial charge in [0.1, 0.15) is 11.4 Å². The lowest BCUT2D eigenvalue weighted by atomic mass is 10.1. The Kier molecular flexibility index (Phi) is 3.30. The molecule has 0 aliphatic rings. The summed E-state index contributed by atoms with van der Waals surface area (Å²) in [7, 11) is 3.22. The van der Waals surface area contributed by atoms with E-state index >= 15 is 0 Å². The second-order valence-corrected chi connectivity index (χ2v) is 3.53. The molecule has 0 unspecified atom stereocenters. The number of nitrogen functional groups attached to an aromatic ring is 1. The first-order chi connectivity index (χ1) is 8.26. The maximum Gasteiger partial charge on any atom is 0.230 e. The quantitative estimate of drug-likeness (QED) is 0.876. The molecule has 5 heteroatoms. The fraction of sp³-hybridized carbons (Fsp3) is 0.250. The van der Waals surface area contributed by atoms with Crippen molar-refractivity contribution >= 4 is 5.88 Å². The molecule has 2 rings (SSSR count). The number of nitrogens with two attached hydrogens (primary N) is 1. The van der Waals surface area contributed by atoms with E-state index in [1.165, 1.54) is 0 Å². The lowest BCUT2D eigenvalue weighted by Gasteiger charge is -2.03. The number of ether oxygens (including phenoxy) is 2. The van der Waals surface area contributed by atoms with Gasteiger partial charge in [0.25, 0.3) is 0 Å². The Morgan fingerprint density at radius 2 is 1.94 bits per heavy atom. The Labute approximate surface area is 99.1 Å². The summed E-state index contributed by atoms with van der Waals surface area (Å²) in [5.41, 5.74) is 8.15. The van der Waals surface area contributed by atoms with Crippen LogP contribution in [0.4, 0.5) is 5.88 Å². The van der Waals surface area contributed by atoms with Crippen LogP contribution in [0.2, 0.25) is 0 Å². The Bertz CT molecular complexity index is 491. The lowest BCUT2D eigenvalue weighted by Crippen LogP contribution is -1.93. The van der Waals surface area contributed by atoms with Crippen molar-refractivity contribution in [1.29, 1.82) is 0 Å². The summed E-state index contributed by atoms with van der Waals surface area (Å²) in [5.74, 6) is 1.08. The van der Waals surface area contributed by atoms with Gasteiger partial charge in [0, 0.05) is 7.11 Å². The van der Waals surface area contributed by atoms with Crippen LogP contribution < -0.4 is 10.5 Å². The molecule has 17 heavy (non-hydrogen) atoms. The van der Waals surface area contributed by atoms with Gasteiger partial charge in [0.15, 0.2) is 0 Å². The van der Waals surface area contributed by atoms with Crippen molar-refractivity contribution < 1.29 is 14.0 Å². The van der Waals surface area contributed by atoms with Crippen LogP contribution in [0.5, 0.6) is 5.75 Å². The highest BCUT2D eigenvalue weighted by molar-refractivity contribution is 5.75. The zero-order valence-electron chi connectivity index (χ0n) is 9.77. The van der Waals surface area contributed by atoms with E-state index in [1.807, 2.05) is 24.3 Å². The number of hydrogen-bond acceptors (Lipinski definition) is 5. The third-order valence-corrected chi connectivity index (χ3v) is 2.45. The molecule has 90 valence electrons. The Balaban J connectivity index is 2.40. The average Bonchev–Trinajstić information content (AvgIpc) is 2.71. The fourth-order valence-corrected chi connectivity index (χ4v) is 1.64. The van der Waals surface area contributed by atoms with E-state index in [0.717, 1.165) is 16.9 Å². The van der Waals surface area contributed by atoms with Crippen LogP contribution in [-0.2, 0) is 11.3 Å². The SMILES string of the molecule is COCc1noc(N)c1-c1ccc(OC)cc1. The number of rotatable bonds is 4. The summed E-state index contributed by atoms with van der Waals surface area (Å²) in [6.45, 7) is 0.363. The van der Waals surface area contributed by atoms with E-state index in [2.05, 4.69) is 5.16 Å². The van der Waals surface area contributed by atoms with Crippen molar-refractivity contribution in [2.45, 2.75) is 6.61 Å². The van der Waals surface area contributed by atoms with Gasteiger partial charge in [-0.15, -0.1) is 0 Å². The van der Waals surface area contributed by atoms with Gasteiger partial charge in [-0.2, -0.15) is 0 Å². The van der Waals surface area contributed by atoms with Crippen molar-refractivity contribution in [2.75, 3.05) is 20.0 Å². The molecule has 0 spiro atoms. The van der Waals surface area contributed by atoms with Crippen molar-refractivity contribution in [3.8, 4) is 16.9 Å². The van der Waals surface area contributed by atoms with Crippen molar-refractivity contribution in [3.63, 3.8) is 0 Å². The van der Waals surface area contributed by atoms with E-state index in [-0.39, 0.29) is 0 Å². The van der Waals surface area contributed by atoms with Gasteiger partial charge in [-0.05, 0) is 17.7 Å². The van der Waals surface area contributed by atoms with Crippen LogP contribution in [0.25, 0.3) is 11.1 Å². The third kappa shape index (κ3) is 2.24. The molecule has 5 nitrogen and oxygen atoms in total. The number of benzene rings is 1. The summed E-state index contributed by atoms with van der Waals surface area (Å²) < 4.78 is 15.1. The number of aromatic nitrogens is 1. The van der Waals surface area contributed by atoms with E-state index in [0.29, 0.717) is 18.2 Å². The molecule has 1 aromatic carbocycles. The predicted octanol–water partition coefficient (Wildman–Crippen LogP) is 2.08. The molecular formula is C12H14N2O3. The van der Waals surface area contributed by atoms with Crippen LogP contribution in [0, 0.1) is 0 Å². The molecule has 0 fully saturated rings. The molecule has 1 heterocycles. The second kappa shape index (κ2) is 4.88. The third-order valence-electron chi connectivity index (χ3n) is 2.45. The molecule has 0 amide bonds. The Hall–Kier alpha value is -2.01. The number of methoxy groups -OCH3 is 2. The molecule has 2 aromatic rings. The standard InChI is InChI=1S/C12H14N2O3/c1-15-7-10-11(12(13)17-14-10)8-3-5-9(16-2)6-4-8/h3-6H,7,13H2,1-2H3. The first-order valence-electron chi connectivity index (χ1n) is 5.13. The van der Waals surface area contributed by atoms with Crippen LogP contribution >= 0.6 is 0 Å². The maximum atomic E-state index is 5.76. The highest BCUT2D eigenvalue weighted by atomic mass is 16.5. The highest BCUT2D eigenvalue weighted by Crippen LogP contribution is 2.31. The van der Waals surface area contributed by atoms with Crippen LogP contribution in [-0.4, -0.2) is 19.4 Å². The summed E-state index contributed by atoms with van der Waals surface area (Å²) in [5, 5.41) is 3.87. The van der Waals surface area contributed by atoms with Crippen LogP contribution in [0.3, 0.4) is 0 Å². The molecule has 0 aliphatic heterocycles. The van der Waals surface area contributed by atoms with Gasteiger partial charge >= 0.3 is 0 Å². The van der Waals surface area contributed by atoms with E-state index in [4.69, 9.17) is 19.7 Å². The predicted molar refractivity (Wildman–Crippen MR) is 63.6 cm³/mol. The summed E-state index contributed by atoms with van der Waals surface area (Å²) >= 11 is 0. The van der Waals surface area contributed by atoms with E-state index in [9.17, 15) is 0 Å². The molecule has 1 aromatic heterocycles. The van der Waals surface area contributed by atoms with Gasteiger partial charge in [-0.3, -0.25) is 0 Å². The first kappa shape index (κ1) is 11.5. The Morgan fingerprint density at radius 3 is 2.53 bits per heavy atom. The molecule has 0 bridgehead atoms. The molecular weight excluding hydrogens is 220 g/mol. The summed E-state index contributed by atoms with van der Waals surface area (Å²) in [4.78, 5) is 0. The van der Waals surface area contributed by atoms with Gasteiger partial charge in [-0.1, -0.05) is 17.3 Å². The van der Waals surface area contributed by atoms with Gasteiger partial charge in [0.05, 0.1) is 19.3 Å². The molecule has 0 radical (unpaired) electrons. The zero-order chi connectivity index (χ0) is 12.3. The smallest absolute Gasteiger partial charge is 0.230 e. The molecule has 0 atom stereocenters. The van der Waals surface area contributed by atoms with E-state index in [1.54, 1.807) is 14.2 Å². The largest absolute Gasteiger partial charge is 0.497 e. The highest BCUT2D eigenvalue weighted by Gasteiger charge is 2.15. The average molecular weight is 234 g/mol. The molecule has 0 aliphatic carbocycles. The fourth-order valence-electron chi connectivity index (χ4n) is 1.64. The van der Waals surface area contributed by atoms with Crippen LogP contribution in [0.15, 0.2) is 28.8 Å². The normalized spacial score (nSPS) is 10.5. The van der Waals surface area contributed by atoms with Gasteiger partial charge < -0.3 is 19.7 Å². The monoisotopic (exact) mass is 234 g/mol. The summed E-state index contributed by atoms with van der Waals surface area (Å²) in [6.07, 6.45) is 0. The zero-order valence-corrected chi connectivity index (χ0v) is 9.77. The Morgan fingerprint density at radius 1 is 1.24 bits per heavy atom. The number of hydrogen-bond donors (Lipinski definition) is 1. The van der Waals surface area contributed by atoms with Gasteiger partial charge in [0.2, 0.25) is 5.88 Å². The number of nitrogens with zero attached hydrogens (tertiary/aromatic N) is 1. The van der Waals surface area contributed by atoms with Crippen molar-refractivity contribution in [3.05, 3.63) is 30.0 Å². The number of anilines is 1. The van der Waals surface area contributed by atoms with E-state index < -0.39 is 0 Å². The first-order valence-corrected chi connectivity index (χ1v) is 5.13. The molecule has 0 saturated heterocycles. The summed E-state index contributed by atoms with van der Waals surface area (Å²) in [6, 6.07) is 7.53. The minimum atomic E-state index is 0.294. The maximum absolute atomic E-state index is 5.76. The van der Waals surface area contributed by atoms with Gasteiger partial charge in [-0.25, -0.2) is 0 Å². The molecule has 2 N–H and O–H groups in total. The lowest BCUT2D eigenvalue weighted by molar-refractivity contribution is 0.178. The van der Waals surface area contributed by atoms with Crippen molar-refractivity contribution in [2.24, 2.45) is 0 Å². The van der Waals surface area contributed by atoms with Crippen molar-refractivity contribution in [1.82, 2.24) is 5.16 Å².